The summed E-state index contributed by atoms with van der Waals surface area (Å²) in [6, 6.07) is 0. The minimum Gasteiger partial charge on any atom is -0.394 e. The summed E-state index contributed by atoms with van der Waals surface area (Å²) in [6.07, 6.45) is 0. The Morgan fingerprint density at radius 1 is 1.44 bits per heavy atom. The second-order valence-electron chi connectivity index (χ2n) is 4.20. The van der Waals surface area contributed by atoms with E-state index in [9.17, 15) is 0 Å². The highest BCUT2D eigenvalue weighted by atomic mass is 35.5. The van der Waals surface area contributed by atoms with Crippen LogP contribution >= 0.6 is 11.6 Å². The summed E-state index contributed by atoms with van der Waals surface area (Å²) >= 11 is 6.08. The summed E-state index contributed by atoms with van der Waals surface area (Å²) in [5.41, 5.74) is 0.907. The van der Waals surface area contributed by atoms with Crippen LogP contribution in [0.1, 0.15) is 18.3 Å². The molecule has 1 aromatic rings. The fraction of sp³-hybridized carbons (Fsp3) is 0.700. The third-order valence-electron chi connectivity index (χ3n) is 2.64. The van der Waals surface area contributed by atoms with Gasteiger partial charge in [-0.25, -0.2) is 0 Å². The Labute approximate surface area is 100 Å². The smallest absolute Gasteiger partial charge is 0.0860 e. The molecule has 0 aliphatic rings. The van der Waals surface area contributed by atoms with Crippen LogP contribution in [0.15, 0.2) is 0 Å². The fourth-order valence-corrected chi connectivity index (χ4v) is 1.56. The number of aromatic nitrogens is 2. The second-order valence-corrected chi connectivity index (χ2v) is 4.58. The first-order valence-electron chi connectivity index (χ1n) is 5.08. The molecule has 0 aliphatic carbocycles. The lowest BCUT2D eigenvalue weighted by Crippen LogP contribution is -2.48. The molecule has 0 amide bonds. The normalized spacial score (nSPS) is 12.1. The van der Waals surface area contributed by atoms with Gasteiger partial charge >= 0.3 is 0 Å². The molecule has 0 saturated carbocycles. The van der Waals surface area contributed by atoms with Gasteiger partial charge in [-0.3, -0.25) is 4.68 Å². The minimum atomic E-state index is -0.707. The number of aryl methyl sites for hydroxylation is 2. The lowest BCUT2D eigenvalue weighted by Gasteiger charge is -2.26. The molecule has 0 atom stereocenters. The molecule has 6 heteroatoms. The van der Waals surface area contributed by atoms with Gasteiger partial charge in [-0.1, -0.05) is 11.6 Å². The molecule has 0 aromatic carbocycles. The number of hydrogen-bond acceptors (Lipinski definition) is 4. The average Bonchev–Trinajstić information content (AvgIpc) is 2.51. The maximum atomic E-state index is 9.13. The molecular weight excluding hydrogens is 230 g/mol. The summed E-state index contributed by atoms with van der Waals surface area (Å²) in [5, 5.41) is 26.1. The summed E-state index contributed by atoms with van der Waals surface area (Å²) in [6.45, 7) is 3.75. The number of nitrogens with zero attached hydrogens (tertiary/aromatic N) is 2. The Bertz CT molecular complexity index is 361. The van der Waals surface area contributed by atoms with Crippen LogP contribution in [0.2, 0.25) is 5.02 Å². The van der Waals surface area contributed by atoms with Crippen LogP contribution in [0.25, 0.3) is 0 Å². The van der Waals surface area contributed by atoms with Crippen LogP contribution in [-0.2, 0) is 13.6 Å². The van der Waals surface area contributed by atoms with Crippen molar-refractivity contribution in [2.75, 3.05) is 13.2 Å². The van der Waals surface area contributed by atoms with Crippen molar-refractivity contribution >= 4 is 11.6 Å². The van der Waals surface area contributed by atoms with Crippen molar-refractivity contribution < 1.29 is 10.2 Å². The monoisotopic (exact) mass is 247 g/mol. The number of rotatable bonds is 5. The molecule has 16 heavy (non-hydrogen) atoms. The Balaban J connectivity index is 2.74. The highest BCUT2D eigenvalue weighted by Gasteiger charge is 2.22. The van der Waals surface area contributed by atoms with Gasteiger partial charge in [-0.15, -0.1) is 0 Å². The van der Waals surface area contributed by atoms with Crippen molar-refractivity contribution in [2.24, 2.45) is 7.05 Å². The van der Waals surface area contributed by atoms with Crippen LogP contribution < -0.4 is 5.32 Å². The van der Waals surface area contributed by atoms with E-state index in [4.69, 9.17) is 21.8 Å². The second kappa shape index (κ2) is 5.14. The predicted molar refractivity (Wildman–Crippen MR) is 62.4 cm³/mol. The van der Waals surface area contributed by atoms with E-state index in [0.29, 0.717) is 11.6 Å². The van der Waals surface area contributed by atoms with Crippen molar-refractivity contribution in [3.8, 4) is 0 Å². The summed E-state index contributed by atoms with van der Waals surface area (Å²) in [5.74, 6) is 0. The largest absolute Gasteiger partial charge is 0.394 e. The topological polar surface area (TPSA) is 70.3 Å². The minimum absolute atomic E-state index is 0.141. The molecule has 1 aromatic heterocycles. The Kier molecular flexibility index (Phi) is 4.32. The van der Waals surface area contributed by atoms with Crippen LogP contribution in [0.4, 0.5) is 0 Å². The molecule has 0 bridgehead atoms. The molecule has 1 rings (SSSR count). The first kappa shape index (κ1) is 13.4. The van der Waals surface area contributed by atoms with Gasteiger partial charge in [0.25, 0.3) is 0 Å². The van der Waals surface area contributed by atoms with Crippen LogP contribution in [0, 0.1) is 6.92 Å². The van der Waals surface area contributed by atoms with Crippen LogP contribution in [0.3, 0.4) is 0 Å². The van der Waals surface area contributed by atoms with Crippen molar-refractivity contribution in [3.05, 3.63) is 16.4 Å². The van der Waals surface area contributed by atoms with E-state index in [1.165, 1.54) is 0 Å². The lowest BCUT2D eigenvalue weighted by atomic mass is 10.1. The van der Waals surface area contributed by atoms with Gasteiger partial charge in [0, 0.05) is 13.6 Å². The third-order valence-corrected chi connectivity index (χ3v) is 3.13. The number of aliphatic hydroxyl groups is 2. The number of hydrogen-bond donors (Lipinski definition) is 3. The Morgan fingerprint density at radius 2 is 2.00 bits per heavy atom. The molecule has 0 fully saturated rings. The average molecular weight is 248 g/mol. The van der Waals surface area contributed by atoms with Gasteiger partial charge in [0.1, 0.15) is 0 Å². The van der Waals surface area contributed by atoms with E-state index in [1.807, 2.05) is 14.0 Å². The number of nitrogens with one attached hydrogen (secondary N) is 1. The van der Waals surface area contributed by atoms with Gasteiger partial charge < -0.3 is 15.5 Å². The highest BCUT2D eigenvalue weighted by Crippen LogP contribution is 2.19. The molecule has 0 radical (unpaired) electrons. The molecule has 92 valence electrons. The van der Waals surface area contributed by atoms with Crippen molar-refractivity contribution in [3.63, 3.8) is 0 Å². The fourth-order valence-electron chi connectivity index (χ4n) is 1.33. The summed E-state index contributed by atoms with van der Waals surface area (Å²) < 4.78 is 1.69. The van der Waals surface area contributed by atoms with E-state index in [-0.39, 0.29) is 13.2 Å². The first-order valence-corrected chi connectivity index (χ1v) is 5.46. The Morgan fingerprint density at radius 3 is 2.38 bits per heavy atom. The van der Waals surface area contributed by atoms with Gasteiger partial charge in [0.05, 0.1) is 35.2 Å². The molecule has 0 saturated heterocycles. The maximum absolute atomic E-state index is 9.13. The number of halogens is 1. The molecule has 3 N–H and O–H groups in total. The summed E-state index contributed by atoms with van der Waals surface area (Å²) in [4.78, 5) is 0. The van der Waals surface area contributed by atoms with E-state index >= 15 is 0 Å². The number of aliphatic hydroxyl groups excluding tert-OH is 2. The van der Waals surface area contributed by atoms with Gasteiger partial charge in [-0.2, -0.15) is 5.10 Å². The van der Waals surface area contributed by atoms with Crippen LogP contribution in [0.5, 0.6) is 0 Å². The molecule has 1 heterocycles. The summed E-state index contributed by atoms with van der Waals surface area (Å²) in [7, 11) is 1.81. The van der Waals surface area contributed by atoms with E-state index in [0.717, 1.165) is 11.4 Å². The molecule has 0 aliphatic heterocycles. The molecule has 5 nitrogen and oxygen atoms in total. The van der Waals surface area contributed by atoms with Crippen molar-refractivity contribution in [2.45, 2.75) is 25.9 Å². The molecule has 0 spiro atoms. The first-order chi connectivity index (χ1) is 7.43. The van der Waals surface area contributed by atoms with Gasteiger partial charge in [0.2, 0.25) is 0 Å². The zero-order chi connectivity index (χ0) is 12.3. The van der Waals surface area contributed by atoms with Crippen LogP contribution in [-0.4, -0.2) is 38.7 Å². The maximum Gasteiger partial charge on any atom is 0.0860 e. The van der Waals surface area contributed by atoms with Gasteiger partial charge in [-0.05, 0) is 13.8 Å². The van der Waals surface area contributed by atoms with E-state index in [2.05, 4.69) is 10.4 Å². The SMILES string of the molecule is Cc1nn(C)c(CNC(C)(CO)CO)c1Cl. The lowest BCUT2D eigenvalue weighted by molar-refractivity contribution is 0.102. The zero-order valence-electron chi connectivity index (χ0n) is 9.79. The van der Waals surface area contributed by atoms with Gasteiger partial charge in [0.15, 0.2) is 0 Å². The predicted octanol–water partition coefficient (Wildman–Crippen LogP) is 0.215. The standard InChI is InChI=1S/C10H18ClN3O2/c1-7-9(11)8(14(3)13-7)4-12-10(2,5-15)6-16/h12,15-16H,4-6H2,1-3H3. The van der Waals surface area contributed by atoms with Crippen molar-refractivity contribution in [1.82, 2.24) is 15.1 Å². The third kappa shape index (κ3) is 2.74. The molecular formula is C10H18ClN3O2. The zero-order valence-corrected chi connectivity index (χ0v) is 10.5. The van der Waals surface area contributed by atoms with E-state index < -0.39 is 5.54 Å². The Hall–Kier alpha value is -0.620. The molecule has 0 unspecified atom stereocenters. The van der Waals surface area contributed by atoms with Crippen molar-refractivity contribution in [1.29, 1.82) is 0 Å². The quantitative estimate of drug-likeness (QED) is 0.696. The highest BCUT2D eigenvalue weighted by molar-refractivity contribution is 6.31. The van der Waals surface area contributed by atoms with E-state index in [1.54, 1.807) is 11.6 Å².